The van der Waals surface area contributed by atoms with E-state index in [2.05, 4.69) is 16.7 Å². The number of nitrogens with one attached hydrogen (secondary N) is 2. The van der Waals surface area contributed by atoms with Crippen molar-refractivity contribution < 1.29 is 4.74 Å². The van der Waals surface area contributed by atoms with Crippen LogP contribution in [0.1, 0.15) is 24.4 Å². The number of hydrogen-bond acceptors (Lipinski definition) is 3. The summed E-state index contributed by atoms with van der Waals surface area (Å²) in [6.45, 7) is 1.03. The zero-order chi connectivity index (χ0) is 13.2. The average Bonchev–Trinajstić information content (AvgIpc) is 3.11. The normalized spacial score (nSPS) is 18.4. The van der Waals surface area contributed by atoms with Gasteiger partial charge in [0, 0.05) is 18.0 Å². The summed E-state index contributed by atoms with van der Waals surface area (Å²) in [7, 11) is 5.66. The molecule has 4 heteroatoms. The van der Waals surface area contributed by atoms with Crippen LogP contribution in [-0.2, 0) is 0 Å². The molecule has 2 rings (SSSR count). The van der Waals surface area contributed by atoms with Crippen LogP contribution in [0.4, 0.5) is 0 Å². The van der Waals surface area contributed by atoms with E-state index in [1.165, 1.54) is 18.4 Å². The quantitative estimate of drug-likeness (QED) is 0.832. The van der Waals surface area contributed by atoms with Gasteiger partial charge >= 0.3 is 0 Å². The third kappa shape index (κ3) is 2.48. The highest BCUT2D eigenvalue weighted by molar-refractivity contribution is 6.32. The first-order chi connectivity index (χ1) is 8.66. The standard InChI is InChI=1S/C14H21ClN2O/c1-16-9-14(6-7-14)13(17-2)10-4-5-12(18-3)11(15)8-10/h4-5,8,13,16-17H,6-7,9H2,1-3H3. The van der Waals surface area contributed by atoms with Crippen molar-refractivity contribution in [3.63, 3.8) is 0 Å². The highest BCUT2D eigenvalue weighted by atomic mass is 35.5. The molecule has 1 saturated carbocycles. The molecule has 1 unspecified atom stereocenters. The lowest BCUT2D eigenvalue weighted by molar-refractivity contribution is 0.346. The molecule has 1 aromatic carbocycles. The largest absolute Gasteiger partial charge is 0.495 e. The van der Waals surface area contributed by atoms with Crippen molar-refractivity contribution in [3.05, 3.63) is 28.8 Å². The highest BCUT2D eigenvalue weighted by Gasteiger charge is 2.48. The Kier molecular flexibility index (Phi) is 4.15. The van der Waals surface area contributed by atoms with Gasteiger partial charge in [0.1, 0.15) is 5.75 Å². The van der Waals surface area contributed by atoms with Crippen LogP contribution >= 0.6 is 11.6 Å². The maximum Gasteiger partial charge on any atom is 0.137 e. The number of methoxy groups -OCH3 is 1. The highest BCUT2D eigenvalue weighted by Crippen LogP contribution is 2.54. The molecule has 0 amide bonds. The monoisotopic (exact) mass is 268 g/mol. The Balaban J connectivity index is 2.25. The first-order valence-corrected chi connectivity index (χ1v) is 6.70. The van der Waals surface area contributed by atoms with Gasteiger partial charge in [-0.25, -0.2) is 0 Å². The Labute approximate surface area is 114 Å². The lowest BCUT2D eigenvalue weighted by Gasteiger charge is -2.27. The minimum absolute atomic E-state index is 0.335. The van der Waals surface area contributed by atoms with Gasteiger partial charge in [0.15, 0.2) is 0 Å². The van der Waals surface area contributed by atoms with E-state index in [9.17, 15) is 0 Å². The summed E-state index contributed by atoms with van der Waals surface area (Å²) < 4.78 is 5.20. The Bertz CT molecular complexity index is 418. The summed E-state index contributed by atoms with van der Waals surface area (Å²) in [4.78, 5) is 0. The van der Waals surface area contributed by atoms with Crippen molar-refractivity contribution >= 4 is 11.6 Å². The second kappa shape index (κ2) is 5.47. The molecule has 100 valence electrons. The molecule has 2 N–H and O–H groups in total. The summed E-state index contributed by atoms with van der Waals surface area (Å²) in [6, 6.07) is 6.39. The number of rotatable bonds is 6. The zero-order valence-electron chi connectivity index (χ0n) is 11.2. The van der Waals surface area contributed by atoms with Crippen molar-refractivity contribution in [2.45, 2.75) is 18.9 Å². The number of ether oxygens (including phenoxy) is 1. The molecule has 1 atom stereocenters. The van der Waals surface area contributed by atoms with Crippen molar-refractivity contribution in [2.24, 2.45) is 5.41 Å². The maximum absolute atomic E-state index is 6.21. The SMILES string of the molecule is CNCC1(C(NC)c2ccc(OC)c(Cl)c2)CC1. The molecule has 0 saturated heterocycles. The molecule has 1 aliphatic rings. The van der Waals surface area contributed by atoms with E-state index >= 15 is 0 Å². The van der Waals surface area contributed by atoms with Crippen LogP contribution < -0.4 is 15.4 Å². The fourth-order valence-electron chi connectivity index (χ4n) is 2.77. The zero-order valence-corrected chi connectivity index (χ0v) is 12.0. The molecule has 0 heterocycles. The van der Waals surface area contributed by atoms with Gasteiger partial charge in [0.05, 0.1) is 12.1 Å². The van der Waals surface area contributed by atoms with Crippen molar-refractivity contribution in [1.29, 1.82) is 0 Å². The lowest BCUT2D eigenvalue weighted by Crippen LogP contribution is -2.33. The fraction of sp³-hybridized carbons (Fsp3) is 0.571. The molecule has 0 spiro atoms. The van der Waals surface area contributed by atoms with Crippen LogP contribution in [0.15, 0.2) is 18.2 Å². The van der Waals surface area contributed by atoms with E-state index in [0.29, 0.717) is 16.5 Å². The molecule has 1 aliphatic carbocycles. The van der Waals surface area contributed by atoms with Crippen LogP contribution in [0, 0.1) is 5.41 Å². The summed E-state index contributed by atoms with van der Waals surface area (Å²) in [6.07, 6.45) is 2.51. The summed E-state index contributed by atoms with van der Waals surface area (Å²) >= 11 is 6.21. The van der Waals surface area contributed by atoms with Crippen LogP contribution in [0.25, 0.3) is 0 Å². The first-order valence-electron chi connectivity index (χ1n) is 6.32. The van der Waals surface area contributed by atoms with Gasteiger partial charge in [-0.2, -0.15) is 0 Å². The van der Waals surface area contributed by atoms with Gasteiger partial charge in [-0.05, 0) is 44.6 Å². The number of hydrogen-bond donors (Lipinski definition) is 2. The molecule has 18 heavy (non-hydrogen) atoms. The fourth-order valence-corrected chi connectivity index (χ4v) is 3.03. The Morgan fingerprint density at radius 3 is 2.56 bits per heavy atom. The molecule has 3 nitrogen and oxygen atoms in total. The van der Waals surface area contributed by atoms with E-state index in [-0.39, 0.29) is 0 Å². The molecule has 1 aromatic rings. The molecule has 1 fully saturated rings. The van der Waals surface area contributed by atoms with Gasteiger partial charge < -0.3 is 15.4 Å². The van der Waals surface area contributed by atoms with Crippen molar-refractivity contribution in [1.82, 2.24) is 10.6 Å². The minimum Gasteiger partial charge on any atom is -0.495 e. The second-order valence-corrected chi connectivity index (χ2v) is 5.42. The Morgan fingerprint density at radius 1 is 1.39 bits per heavy atom. The lowest BCUT2D eigenvalue weighted by atomic mass is 9.90. The van der Waals surface area contributed by atoms with E-state index in [4.69, 9.17) is 16.3 Å². The average molecular weight is 269 g/mol. The van der Waals surface area contributed by atoms with E-state index in [1.54, 1.807) is 7.11 Å². The van der Waals surface area contributed by atoms with Gasteiger partial charge in [-0.15, -0.1) is 0 Å². The minimum atomic E-state index is 0.335. The van der Waals surface area contributed by atoms with Crippen LogP contribution in [0.2, 0.25) is 5.02 Å². The first kappa shape index (κ1) is 13.7. The third-order valence-corrected chi connectivity index (χ3v) is 4.13. The van der Waals surface area contributed by atoms with E-state index in [0.717, 1.165) is 12.3 Å². The van der Waals surface area contributed by atoms with Crippen LogP contribution in [-0.4, -0.2) is 27.7 Å². The van der Waals surface area contributed by atoms with Gasteiger partial charge in [-0.3, -0.25) is 0 Å². The Hall–Kier alpha value is -0.770. The molecular formula is C14H21ClN2O. The third-order valence-electron chi connectivity index (χ3n) is 3.83. The van der Waals surface area contributed by atoms with Gasteiger partial charge in [-0.1, -0.05) is 17.7 Å². The second-order valence-electron chi connectivity index (χ2n) is 5.01. The molecule has 0 radical (unpaired) electrons. The molecule has 0 bridgehead atoms. The molecule has 0 aliphatic heterocycles. The van der Waals surface area contributed by atoms with Gasteiger partial charge in [0.25, 0.3) is 0 Å². The van der Waals surface area contributed by atoms with Crippen LogP contribution in [0.5, 0.6) is 5.75 Å². The molecular weight excluding hydrogens is 248 g/mol. The summed E-state index contributed by atoms with van der Waals surface area (Å²) in [5.74, 6) is 0.730. The summed E-state index contributed by atoms with van der Waals surface area (Å²) in [5.41, 5.74) is 1.57. The van der Waals surface area contributed by atoms with Crippen molar-refractivity contribution in [2.75, 3.05) is 27.7 Å². The predicted octanol–water partition coefficient (Wildman–Crippen LogP) is 2.61. The van der Waals surface area contributed by atoms with Crippen LogP contribution in [0.3, 0.4) is 0 Å². The number of halogens is 1. The van der Waals surface area contributed by atoms with E-state index < -0.39 is 0 Å². The van der Waals surface area contributed by atoms with E-state index in [1.807, 2.05) is 26.2 Å². The summed E-state index contributed by atoms with van der Waals surface area (Å²) in [5, 5.41) is 7.40. The smallest absolute Gasteiger partial charge is 0.137 e. The topological polar surface area (TPSA) is 33.3 Å². The van der Waals surface area contributed by atoms with Crippen molar-refractivity contribution in [3.8, 4) is 5.75 Å². The molecule has 0 aromatic heterocycles. The maximum atomic E-state index is 6.21. The number of benzene rings is 1. The van der Waals surface area contributed by atoms with Gasteiger partial charge in [0.2, 0.25) is 0 Å². The Morgan fingerprint density at radius 2 is 2.11 bits per heavy atom. The predicted molar refractivity (Wildman–Crippen MR) is 75.4 cm³/mol.